The normalized spacial score (nSPS) is 11.1. The van der Waals surface area contributed by atoms with Crippen molar-refractivity contribution in [2.75, 3.05) is 11.1 Å². The van der Waals surface area contributed by atoms with Crippen LogP contribution in [0.2, 0.25) is 0 Å². The Kier molecular flexibility index (Phi) is 5.84. The topological polar surface area (TPSA) is 64.0 Å². The summed E-state index contributed by atoms with van der Waals surface area (Å²) in [4.78, 5) is 29.9. The zero-order chi connectivity index (χ0) is 22.1. The van der Waals surface area contributed by atoms with Crippen LogP contribution < -0.4 is 10.9 Å². The lowest BCUT2D eigenvalue weighted by Crippen LogP contribution is -2.23. The van der Waals surface area contributed by atoms with E-state index in [9.17, 15) is 22.8 Å². The number of thioether (sulfide) groups is 1. The number of anilines is 1. The van der Waals surface area contributed by atoms with Crippen molar-refractivity contribution in [2.24, 2.45) is 0 Å². The van der Waals surface area contributed by atoms with Crippen LogP contribution in [0.1, 0.15) is 5.56 Å². The molecular weight excluding hydrogens is 447 g/mol. The lowest BCUT2D eigenvalue weighted by atomic mass is 10.2. The van der Waals surface area contributed by atoms with Crippen molar-refractivity contribution in [3.05, 3.63) is 81.2 Å². The van der Waals surface area contributed by atoms with Crippen LogP contribution in [-0.2, 0) is 4.79 Å². The van der Waals surface area contributed by atoms with E-state index in [4.69, 9.17) is 0 Å². The highest BCUT2D eigenvalue weighted by molar-refractivity contribution is 7.99. The van der Waals surface area contributed by atoms with E-state index in [2.05, 4.69) is 10.3 Å². The molecule has 0 aliphatic rings. The van der Waals surface area contributed by atoms with Gasteiger partial charge in [-0.15, -0.1) is 11.3 Å². The Balaban J connectivity index is 1.65. The van der Waals surface area contributed by atoms with E-state index in [0.29, 0.717) is 21.5 Å². The largest absolute Gasteiger partial charge is 0.325 e. The number of fused-ring (bicyclic) bond motifs is 1. The van der Waals surface area contributed by atoms with Crippen LogP contribution in [0.4, 0.5) is 18.9 Å². The first-order valence-electron chi connectivity index (χ1n) is 8.98. The number of aromatic nitrogens is 2. The Hall–Kier alpha value is -3.11. The maximum Gasteiger partial charge on any atom is 0.276 e. The molecule has 10 heteroatoms. The molecule has 5 nitrogen and oxygen atoms in total. The molecule has 2 aromatic heterocycles. The van der Waals surface area contributed by atoms with E-state index in [1.807, 2.05) is 0 Å². The van der Waals surface area contributed by atoms with Gasteiger partial charge in [0.15, 0.2) is 16.8 Å². The average Bonchev–Trinajstić information content (AvgIpc) is 3.19. The third-order valence-corrected chi connectivity index (χ3v) is 6.21. The van der Waals surface area contributed by atoms with Gasteiger partial charge in [-0.05, 0) is 54.3 Å². The summed E-state index contributed by atoms with van der Waals surface area (Å²) in [5, 5.41) is 4.47. The minimum absolute atomic E-state index is 0.109. The van der Waals surface area contributed by atoms with E-state index in [1.54, 1.807) is 18.4 Å². The SMILES string of the molecule is Cc1cc(F)ccc1-n1c(SCC(=O)Nc2ccc(F)c(F)c2)nc2ccsc2c1=O. The number of hydrogen-bond donors (Lipinski definition) is 1. The van der Waals surface area contributed by atoms with Crippen LogP contribution in [0.15, 0.2) is 57.8 Å². The number of aryl methyl sites for hydroxylation is 1. The fourth-order valence-corrected chi connectivity index (χ4v) is 4.54. The van der Waals surface area contributed by atoms with Gasteiger partial charge in [-0.2, -0.15) is 0 Å². The van der Waals surface area contributed by atoms with Gasteiger partial charge in [0, 0.05) is 11.8 Å². The molecule has 0 unspecified atom stereocenters. The molecule has 0 saturated heterocycles. The highest BCUT2D eigenvalue weighted by Gasteiger charge is 2.17. The number of carbonyl (C=O) groups excluding carboxylic acids is 1. The number of carbonyl (C=O) groups is 1. The number of benzene rings is 2. The van der Waals surface area contributed by atoms with Gasteiger partial charge >= 0.3 is 0 Å². The number of halogens is 3. The zero-order valence-electron chi connectivity index (χ0n) is 16.0. The Bertz CT molecular complexity index is 1370. The molecule has 0 fully saturated rings. The molecule has 2 heterocycles. The van der Waals surface area contributed by atoms with E-state index < -0.39 is 23.4 Å². The maximum absolute atomic E-state index is 13.6. The molecule has 4 rings (SSSR count). The van der Waals surface area contributed by atoms with Crippen molar-refractivity contribution in [2.45, 2.75) is 12.1 Å². The first-order chi connectivity index (χ1) is 14.8. The smallest absolute Gasteiger partial charge is 0.276 e. The monoisotopic (exact) mass is 461 g/mol. The second-order valence-electron chi connectivity index (χ2n) is 6.57. The minimum atomic E-state index is -1.07. The molecule has 0 spiro atoms. The number of rotatable bonds is 5. The molecule has 0 saturated carbocycles. The molecule has 0 aliphatic heterocycles. The summed E-state index contributed by atoms with van der Waals surface area (Å²) in [6.07, 6.45) is 0. The van der Waals surface area contributed by atoms with Crippen LogP contribution in [-0.4, -0.2) is 21.2 Å². The van der Waals surface area contributed by atoms with Crippen LogP contribution in [0, 0.1) is 24.4 Å². The summed E-state index contributed by atoms with van der Waals surface area (Å²) in [6.45, 7) is 1.67. The second-order valence-corrected chi connectivity index (χ2v) is 8.43. The van der Waals surface area contributed by atoms with Gasteiger partial charge in [-0.3, -0.25) is 14.2 Å². The summed E-state index contributed by atoms with van der Waals surface area (Å²) in [7, 11) is 0. The van der Waals surface area contributed by atoms with Gasteiger partial charge in [0.2, 0.25) is 5.91 Å². The van der Waals surface area contributed by atoms with Gasteiger partial charge in [0.05, 0.1) is 17.0 Å². The zero-order valence-corrected chi connectivity index (χ0v) is 17.6. The molecule has 158 valence electrons. The highest BCUT2D eigenvalue weighted by atomic mass is 32.2. The van der Waals surface area contributed by atoms with Crippen molar-refractivity contribution in [1.82, 2.24) is 9.55 Å². The van der Waals surface area contributed by atoms with Crippen molar-refractivity contribution in [3.8, 4) is 5.69 Å². The summed E-state index contributed by atoms with van der Waals surface area (Å²) in [6, 6.07) is 8.79. The van der Waals surface area contributed by atoms with Crippen LogP contribution in [0.5, 0.6) is 0 Å². The first-order valence-corrected chi connectivity index (χ1v) is 10.8. The van der Waals surface area contributed by atoms with Crippen molar-refractivity contribution >= 4 is 44.9 Å². The molecule has 0 radical (unpaired) electrons. The highest BCUT2D eigenvalue weighted by Crippen LogP contribution is 2.25. The maximum atomic E-state index is 13.6. The number of nitrogens with zero attached hydrogens (tertiary/aromatic N) is 2. The van der Waals surface area contributed by atoms with E-state index in [1.165, 1.54) is 40.2 Å². The van der Waals surface area contributed by atoms with Crippen LogP contribution in [0.25, 0.3) is 15.9 Å². The predicted octanol–water partition coefficient (Wildman–Crippen LogP) is 4.90. The second kappa shape index (κ2) is 8.56. The fraction of sp³-hybridized carbons (Fsp3) is 0.0952. The minimum Gasteiger partial charge on any atom is -0.325 e. The Morgan fingerprint density at radius 1 is 1.13 bits per heavy atom. The van der Waals surface area contributed by atoms with Crippen molar-refractivity contribution in [3.63, 3.8) is 0 Å². The number of hydrogen-bond acceptors (Lipinski definition) is 5. The number of nitrogens with one attached hydrogen (secondary N) is 1. The third kappa shape index (κ3) is 4.35. The summed E-state index contributed by atoms with van der Waals surface area (Å²) in [5.41, 5.74) is 1.27. The molecular formula is C21H14F3N3O2S2. The Morgan fingerprint density at radius 2 is 1.94 bits per heavy atom. The van der Waals surface area contributed by atoms with Crippen molar-refractivity contribution < 1.29 is 18.0 Å². The number of thiophene rings is 1. The van der Waals surface area contributed by atoms with Gasteiger partial charge < -0.3 is 5.32 Å². The molecule has 2 aromatic carbocycles. The van der Waals surface area contributed by atoms with Crippen LogP contribution >= 0.6 is 23.1 Å². The lowest BCUT2D eigenvalue weighted by Gasteiger charge is -2.14. The number of amides is 1. The standard InChI is InChI=1S/C21H14F3N3O2S2/c1-11-8-12(22)2-5-17(11)27-20(29)19-16(6-7-30-19)26-21(27)31-10-18(28)25-13-3-4-14(23)15(24)9-13/h2-9H,10H2,1H3,(H,25,28). The van der Waals surface area contributed by atoms with Gasteiger partial charge in [0.1, 0.15) is 10.5 Å². The van der Waals surface area contributed by atoms with Gasteiger partial charge in [-0.25, -0.2) is 18.2 Å². The van der Waals surface area contributed by atoms with Gasteiger partial charge in [-0.1, -0.05) is 11.8 Å². The van der Waals surface area contributed by atoms with E-state index in [-0.39, 0.29) is 22.2 Å². The van der Waals surface area contributed by atoms with Crippen molar-refractivity contribution in [1.29, 1.82) is 0 Å². The van der Waals surface area contributed by atoms with Gasteiger partial charge in [0.25, 0.3) is 5.56 Å². The van der Waals surface area contributed by atoms with Crippen LogP contribution in [0.3, 0.4) is 0 Å². The summed E-state index contributed by atoms with van der Waals surface area (Å²) >= 11 is 2.25. The summed E-state index contributed by atoms with van der Waals surface area (Å²) < 4.78 is 41.8. The lowest BCUT2D eigenvalue weighted by molar-refractivity contribution is -0.113. The fourth-order valence-electron chi connectivity index (χ4n) is 2.97. The van der Waals surface area contributed by atoms with E-state index in [0.717, 1.165) is 23.9 Å². The predicted molar refractivity (Wildman–Crippen MR) is 116 cm³/mol. The molecule has 0 aliphatic carbocycles. The molecule has 1 N–H and O–H groups in total. The third-order valence-electron chi connectivity index (χ3n) is 4.38. The molecule has 0 bridgehead atoms. The molecule has 31 heavy (non-hydrogen) atoms. The Morgan fingerprint density at radius 3 is 2.68 bits per heavy atom. The summed E-state index contributed by atoms with van der Waals surface area (Å²) in [5.74, 6) is -3.14. The first kappa shape index (κ1) is 21.1. The molecule has 1 amide bonds. The Labute approximate surface area is 182 Å². The molecule has 0 atom stereocenters. The average molecular weight is 461 g/mol. The molecule has 4 aromatic rings. The van der Waals surface area contributed by atoms with E-state index >= 15 is 0 Å². The quantitative estimate of drug-likeness (QED) is 0.339.